The molecule has 0 fully saturated rings. The predicted octanol–water partition coefficient (Wildman–Crippen LogP) is 19.8. The van der Waals surface area contributed by atoms with E-state index in [0.717, 1.165) is 28.8 Å². The van der Waals surface area contributed by atoms with E-state index in [1.807, 2.05) is 12.1 Å². The van der Waals surface area contributed by atoms with Crippen molar-refractivity contribution >= 4 is 130 Å². The average Bonchev–Trinajstić information content (AvgIpc) is 4.00. The molecular weight excluding hydrogens is 912 g/mol. The molecule has 75 heavy (non-hydrogen) atoms. The summed E-state index contributed by atoms with van der Waals surface area (Å²) in [5, 5.41) is 25.2. The van der Waals surface area contributed by atoms with E-state index in [1.54, 1.807) is 12.1 Å². The molecule has 0 bridgehead atoms. The molecule has 16 rings (SSSR count). The molecule has 0 saturated heterocycles. The van der Waals surface area contributed by atoms with Crippen LogP contribution >= 0.6 is 0 Å². The van der Waals surface area contributed by atoms with E-state index in [4.69, 9.17) is 0 Å². The van der Waals surface area contributed by atoms with Gasteiger partial charge in [0.25, 0.3) is 0 Å². The molecule has 0 spiro atoms. The van der Waals surface area contributed by atoms with Gasteiger partial charge in [0.15, 0.2) is 0 Å². The number of fused-ring (bicyclic) bond motifs is 26. The van der Waals surface area contributed by atoms with E-state index in [-0.39, 0.29) is 11.2 Å². The van der Waals surface area contributed by atoms with E-state index < -0.39 is 0 Å². The van der Waals surface area contributed by atoms with Crippen LogP contribution in [0.2, 0.25) is 0 Å². The summed E-state index contributed by atoms with van der Waals surface area (Å²) < 4.78 is 19.4. The van der Waals surface area contributed by atoms with Gasteiger partial charge in [0.05, 0.1) is 22.1 Å². The summed E-state index contributed by atoms with van der Waals surface area (Å²) in [6.45, 7) is 4.81. The third-order valence-corrected chi connectivity index (χ3v) is 16.8. The Kier molecular flexibility index (Phi) is 8.78. The number of nitrogens with zero attached hydrogens (tertiary/aromatic N) is 2. The minimum Gasteiger partial charge on any atom is -0.309 e. The van der Waals surface area contributed by atoms with E-state index in [1.165, 1.54) is 130 Å². The van der Waals surface area contributed by atoms with Crippen LogP contribution in [-0.2, 0) is 11.8 Å². The monoisotopic (exact) mass is 958 g/mol. The zero-order valence-electron chi connectivity index (χ0n) is 41.5. The summed E-state index contributed by atoms with van der Waals surface area (Å²) in [5.41, 5.74) is 9.15. The van der Waals surface area contributed by atoms with E-state index in [9.17, 15) is 4.39 Å². The molecule has 0 aliphatic heterocycles. The molecule has 352 valence electrons. The maximum absolute atomic E-state index is 14.5. The molecule has 0 amide bonds. The molecule has 0 radical (unpaired) electrons. The zero-order chi connectivity index (χ0) is 49.7. The lowest BCUT2D eigenvalue weighted by molar-refractivity contribution is 0.524. The lowest BCUT2D eigenvalue weighted by Gasteiger charge is -2.27. The average molecular weight is 959 g/mol. The van der Waals surface area contributed by atoms with E-state index in [0.29, 0.717) is 0 Å². The number of para-hydroxylation sites is 2. The molecule has 0 saturated carbocycles. The van der Waals surface area contributed by atoms with Gasteiger partial charge in [-0.25, -0.2) is 4.39 Å². The Balaban J connectivity index is 0.904. The van der Waals surface area contributed by atoms with Crippen molar-refractivity contribution in [2.45, 2.75) is 25.7 Å². The summed E-state index contributed by atoms with van der Waals surface area (Å²) in [6, 6.07) is 85.9. The normalized spacial score (nSPS) is 12.5. The highest BCUT2D eigenvalue weighted by atomic mass is 19.1. The molecule has 16 aromatic rings. The fraction of sp³-hybridized carbons (Fsp3) is 0.0556. The Labute approximate surface area is 431 Å². The molecule has 2 aromatic heterocycles. The van der Waals surface area contributed by atoms with Crippen molar-refractivity contribution in [2.24, 2.45) is 0 Å². The van der Waals surface area contributed by atoms with Crippen LogP contribution in [0.3, 0.4) is 0 Å². The van der Waals surface area contributed by atoms with Crippen LogP contribution in [0.5, 0.6) is 0 Å². The fourth-order valence-corrected chi connectivity index (χ4v) is 13.8. The Morgan fingerprint density at radius 3 is 1.13 bits per heavy atom. The van der Waals surface area contributed by atoms with Crippen LogP contribution in [0, 0.1) is 5.82 Å². The molecular formula is C72H47FN2. The van der Waals surface area contributed by atoms with Crippen molar-refractivity contribution in [1.29, 1.82) is 0 Å². The lowest BCUT2D eigenvalue weighted by Crippen LogP contribution is -2.20. The van der Waals surface area contributed by atoms with Gasteiger partial charge in [-0.05, 0) is 136 Å². The number of aromatic nitrogens is 2. The van der Waals surface area contributed by atoms with Crippen molar-refractivity contribution in [3.05, 3.63) is 254 Å². The van der Waals surface area contributed by atoms with Crippen molar-refractivity contribution in [3.8, 4) is 11.4 Å². The third-order valence-electron chi connectivity index (χ3n) is 16.8. The summed E-state index contributed by atoms with van der Waals surface area (Å²) in [6.07, 6.45) is 0.834. The van der Waals surface area contributed by atoms with Gasteiger partial charge in [-0.3, -0.25) is 0 Å². The topological polar surface area (TPSA) is 9.86 Å². The number of halogens is 1. The van der Waals surface area contributed by atoms with Gasteiger partial charge in [0.2, 0.25) is 0 Å². The van der Waals surface area contributed by atoms with Gasteiger partial charge in [0, 0.05) is 54.5 Å². The first-order valence-electron chi connectivity index (χ1n) is 26.2. The highest BCUT2D eigenvalue weighted by Crippen LogP contribution is 2.51. The van der Waals surface area contributed by atoms with Crippen LogP contribution in [-0.4, -0.2) is 9.13 Å². The minimum absolute atomic E-state index is 0.232. The Morgan fingerprint density at radius 1 is 0.293 bits per heavy atom. The van der Waals surface area contributed by atoms with Crippen LogP contribution in [0.4, 0.5) is 4.39 Å². The number of hydrogen-bond acceptors (Lipinski definition) is 0. The molecule has 0 aliphatic rings. The molecule has 0 aliphatic carbocycles. The first-order chi connectivity index (χ1) is 36.9. The summed E-state index contributed by atoms with van der Waals surface area (Å²) in [7, 11) is 0. The predicted molar refractivity (Wildman–Crippen MR) is 318 cm³/mol. The van der Waals surface area contributed by atoms with Gasteiger partial charge in [-0.2, -0.15) is 0 Å². The largest absolute Gasteiger partial charge is 0.309 e. The Bertz CT molecular complexity index is 5110. The van der Waals surface area contributed by atoms with Crippen molar-refractivity contribution in [2.75, 3.05) is 0 Å². The molecule has 0 unspecified atom stereocenters. The van der Waals surface area contributed by atoms with E-state index in [2.05, 4.69) is 235 Å². The summed E-state index contributed by atoms with van der Waals surface area (Å²) in [4.78, 5) is 0. The Hall–Kier alpha value is -9.31. The van der Waals surface area contributed by atoms with Crippen molar-refractivity contribution < 1.29 is 4.39 Å². The maximum atomic E-state index is 14.5. The highest BCUT2D eigenvalue weighted by Gasteiger charge is 2.28. The molecule has 2 nitrogen and oxygen atoms in total. The van der Waals surface area contributed by atoms with Gasteiger partial charge in [-0.1, -0.05) is 202 Å². The smallest absolute Gasteiger partial charge is 0.123 e. The summed E-state index contributed by atoms with van der Waals surface area (Å²) >= 11 is 0. The third kappa shape index (κ3) is 5.84. The minimum atomic E-state index is -0.243. The second-order valence-corrected chi connectivity index (χ2v) is 21.3. The van der Waals surface area contributed by atoms with Gasteiger partial charge in [-0.15, -0.1) is 0 Å². The molecule has 2 heterocycles. The van der Waals surface area contributed by atoms with Crippen LogP contribution in [0.1, 0.15) is 25.0 Å². The quantitative estimate of drug-likeness (QED) is 0.152. The first kappa shape index (κ1) is 42.2. The highest BCUT2D eigenvalue weighted by molar-refractivity contribution is 6.44. The number of benzene rings is 14. The van der Waals surface area contributed by atoms with Crippen molar-refractivity contribution in [1.82, 2.24) is 9.13 Å². The van der Waals surface area contributed by atoms with Crippen LogP contribution in [0.25, 0.3) is 141 Å². The standard InChI is InChI=1S/C72H47FN2/c1-72(2,44-34-38-46(39-35-44)74-61-32-15-13-29-58(61)68-66-51-22-6-4-20-49(51)48-19-3-5-21-50(48)64(66)54-25-9-11-27-56(54)70(68)74)42-43-18-17-31-60-63(43)52-23-7-8-24-53(52)65-55-26-10-12-28-57(55)71-69(67(60)65)59-30-14-16-33-62(59)75(71)47-40-36-45(73)37-41-47/h3-41H,42H2,1-2H3. The molecule has 3 heteroatoms. The van der Waals surface area contributed by atoms with Crippen LogP contribution in [0.15, 0.2) is 237 Å². The number of rotatable bonds is 5. The van der Waals surface area contributed by atoms with E-state index >= 15 is 0 Å². The first-order valence-corrected chi connectivity index (χ1v) is 26.2. The zero-order valence-corrected chi connectivity index (χ0v) is 41.5. The lowest BCUT2D eigenvalue weighted by atomic mass is 9.77. The van der Waals surface area contributed by atoms with Gasteiger partial charge >= 0.3 is 0 Å². The van der Waals surface area contributed by atoms with Crippen LogP contribution < -0.4 is 0 Å². The number of hydrogen-bond donors (Lipinski definition) is 0. The maximum Gasteiger partial charge on any atom is 0.123 e. The molecule has 0 atom stereocenters. The van der Waals surface area contributed by atoms with Gasteiger partial charge in [0.1, 0.15) is 5.82 Å². The summed E-state index contributed by atoms with van der Waals surface area (Å²) in [5.74, 6) is -0.243. The second-order valence-electron chi connectivity index (χ2n) is 21.3. The fourth-order valence-electron chi connectivity index (χ4n) is 13.8. The van der Waals surface area contributed by atoms with Gasteiger partial charge < -0.3 is 9.13 Å². The Morgan fingerprint density at radius 2 is 0.640 bits per heavy atom. The SMILES string of the molecule is CC(C)(Cc1cccc2c1c1ccccc1c1c3ccccc3c3c(c4ccccc4n3-c3ccc(F)cc3)c21)c1ccc(-n2c3ccccc3c3c4c5ccccc5c5ccccc5c4c4ccccc4c32)cc1. The molecule has 14 aromatic carbocycles. The van der Waals surface area contributed by atoms with Crippen molar-refractivity contribution in [3.63, 3.8) is 0 Å². The molecule has 0 N–H and O–H groups in total. The second kappa shape index (κ2) is 15.6.